The first-order valence-electron chi connectivity index (χ1n) is 8.88. The SMILES string of the molecule is Cc1cc(C(=O)OCC(=O)Nc2ccccc2Br)c(C)n1Cc1ccccc1. The second-order valence-corrected chi connectivity index (χ2v) is 7.32. The van der Waals surface area contributed by atoms with E-state index in [1.54, 1.807) is 12.1 Å². The highest BCUT2D eigenvalue weighted by Crippen LogP contribution is 2.21. The second kappa shape index (κ2) is 8.89. The Morgan fingerprint density at radius 1 is 1.04 bits per heavy atom. The van der Waals surface area contributed by atoms with E-state index in [-0.39, 0.29) is 6.61 Å². The number of nitrogens with zero attached hydrogens (tertiary/aromatic N) is 1. The van der Waals surface area contributed by atoms with Crippen LogP contribution in [0.3, 0.4) is 0 Å². The predicted molar refractivity (Wildman–Crippen MR) is 113 cm³/mol. The summed E-state index contributed by atoms with van der Waals surface area (Å²) >= 11 is 3.36. The van der Waals surface area contributed by atoms with Crippen LogP contribution < -0.4 is 5.32 Å². The highest BCUT2D eigenvalue weighted by atomic mass is 79.9. The van der Waals surface area contributed by atoms with Crippen LogP contribution in [-0.2, 0) is 16.1 Å². The van der Waals surface area contributed by atoms with Gasteiger partial charge in [-0.25, -0.2) is 4.79 Å². The maximum Gasteiger partial charge on any atom is 0.340 e. The van der Waals surface area contributed by atoms with Gasteiger partial charge in [-0.15, -0.1) is 0 Å². The van der Waals surface area contributed by atoms with E-state index in [0.717, 1.165) is 21.4 Å². The Bertz CT molecular complexity index is 996. The lowest BCUT2D eigenvalue weighted by molar-refractivity contribution is -0.119. The molecule has 0 spiro atoms. The minimum atomic E-state index is -0.505. The molecule has 0 unspecified atom stereocenters. The molecule has 1 amide bonds. The van der Waals surface area contributed by atoms with Crippen LogP contribution in [0.2, 0.25) is 0 Å². The lowest BCUT2D eigenvalue weighted by Crippen LogP contribution is -2.21. The summed E-state index contributed by atoms with van der Waals surface area (Å²) in [6.45, 7) is 4.16. The number of halogens is 1. The third-order valence-corrected chi connectivity index (χ3v) is 5.15. The van der Waals surface area contributed by atoms with Crippen LogP contribution in [0.4, 0.5) is 5.69 Å². The molecule has 0 fully saturated rings. The molecule has 5 nitrogen and oxygen atoms in total. The standard InChI is InChI=1S/C22H21BrN2O3/c1-15-12-18(16(2)25(15)13-17-8-4-3-5-9-17)22(27)28-14-21(26)24-20-11-7-6-10-19(20)23/h3-12H,13-14H2,1-2H3,(H,24,26). The molecule has 0 saturated carbocycles. The predicted octanol–water partition coefficient (Wildman–Crippen LogP) is 4.71. The number of esters is 1. The Balaban J connectivity index is 1.64. The summed E-state index contributed by atoms with van der Waals surface area (Å²) in [5, 5.41) is 2.71. The van der Waals surface area contributed by atoms with Gasteiger partial charge in [0.15, 0.2) is 6.61 Å². The monoisotopic (exact) mass is 440 g/mol. The van der Waals surface area contributed by atoms with Gasteiger partial charge in [0.05, 0.1) is 11.3 Å². The number of aromatic nitrogens is 1. The summed E-state index contributed by atoms with van der Waals surface area (Å²) in [6.07, 6.45) is 0. The maximum atomic E-state index is 12.5. The number of rotatable bonds is 6. The van der Waals surface area contributed by atoms with E-state index in [0.29, 0.717) is 17.8 Å². The Morgan fingerprint density at radius 3 is 2.43 bits per heavy atom. The Hall–Kier alpha value is -2.86. The van der Waals surface area contributed by atoms with Gasteiger partial charge in [-0.1, -0.05) is 42.5 Å². The zero-order valence-corrected chi connectivity index (χ0v) is 17.3. The maximum absolute atomic E-state index is 12.5. The molecule has 0 aliphatic heterocycles. The minimum absolute atomic E-state index is 0.345. The summed E-state index contributed by atoms with van der Waals surface area (Å²) in [6, 6.07) is 19.1. The van der Waals surface area contributed by atoms with Crippen LogP contribution in [0.15, 0.2) is 65.1 Å². The van der Waals surface area contributed by atoms with Gasteiger partial charge in [-0.2, -0.15) is 0 Å². The number of para-hydroxylation sites is 1. The number of carbonyl (C=O) groups excluding carboxylic acids is 2. The molecule has 1 N–H and O–H groups in total. The van der Waals surface area contributed by atoms with Crippen LogP contribution in [0.25, 0.3) is 0 Å². The fourth-order valence-electron chi connectivity index (χ4n) is 2.97. The van der Waals surface area contributed by atoms with Gasteiger partial charge in [0.25, 0.3) is 5.91 Å². The Kier molecular flexibility index (Phi) is 6.31. The van der Waals surface area contributed by atoms with Gasteiger partial charge in [-0.3, -0.25) is 4.79 Å². The van der Waals surface area contributed by atoms with E-state index < -0.39 is 11.9 Å². The molecule has 3 rings (SSSR count). The van der Waals surface area contributed by atoms with Crippen LogP contribution in [0.1, 0.15) is 27.3 Å². The molecule has 1 heterocycles. The van der Waals surface area contributed by atoms with E-state index in [2.05, 4.69) is 25.8 Å². The van der Waals surface area contributed by atoms with Crippen molar-refractivity contribution >= 4 is 33.5 Å². The van der Waals surface area contributed by atoms with Crippen molar-refractivity contribution < 1.29 is 14.3 Å². The molecule has 0 aliphatic rings. The topological polar surface area (TPSA) is 60.3 Å². The third-order valence-electron chi connectivity index (χ3n) is 4.46. The Morgan fingerprint density at radius 2 is 1.71 bits per heavy atom. The molecule has 28 heavy (non-hydrogen) atoms. The number of nitrogens with one attached hydrogen (secondary N) is 1. The summed E-state index contributed by atoms with van der Waals surface area (Å²) in [4.78, 5) is 24.6. The number of amides is 1. The molecule has 144 valence electrons. The van der Waals surface area contributed by atoms with Crippen molar-refractivity contribution in [2.45, 2.75) is 20.4 Å². The van der Waals surface area contributed by atoms with Gasteiger partial charge in [0.2, 0.25) is 0 Å². The van der Waals surface area contributed by atoms with E-state index in [4.69, 9.17) is 4.74 Å². The molecule has 0 aliphatic carbocycles. The molecule has 0 atom stereocenters. The molecule has 2 aromatic carbocycles. The lowest BCUT2D eigenvalue weighted by Gasteiger charge is -2.10. The smallest absolute Gasteiger partial charge is 0.340 e. The summed E-state index contributed by atoms with van der Waals surface area (Å²) in [5.41, 5.74) is 4.03. The van der Waals surface area contributed by atoms with Crippen molar-refractivity contribution in [3.63, 3.8) is 0 Å². The van der Waals surface area contributed by atoms with Gasteiger partial charge in [0, 0.05) is 22.4 Å². The van der Waals surface area contributed by atoms with E-state index in [1.807, 2.05) is 62.4 Å². The first-order valence-corrected chi connectivity index (χ1v) is 9.67. The molecular formula is C22H21BrN2O3. The average Bonchev–Trinajstić information content (AvgIpc) is 2.97. The quantitative estimate of drug-likeness (QED) is 0.564. The van der Waals surface area contributed by atoms with E-state index >= 15 is 0 Å². The van der Waals surface area contributed by atoms with Crippen molar-refractivity contribution in [1.82, 2.24) is 4.57 Å². The number of hydrogen-bond acceptors (Lipinski definition) is 3. The highest BCUT2D eigenvalue weighted by molar-refractivity contribution is 9.10. The fourth-order valence-corrected chi connectivity index (χ4v) is 3.36. The lowest BCUT2D eigenvalue weighted by atomic mass is 10.2. The number of ether oxygens (including phenoxy) is 1. The van der Waals surface area contributed by atoms with E-state index in [1.165, 1.54) is 0 Å². The van der Waals surface area contributed by atoms with Crippen molar-refractivity contribution in [1.29, 1.82) is 0 Å². The van der Waals surface area contributed by atoms with Gasteiger partial charge < -0.3 is 14.6 Å². The summed E-state index contributed by atoms with van der Waals surface area (Å²) in [7, 11) is 0. The fraction of sp³-hybridized carbons (Fsp3) is 0.182. The highest BCUT2D eigenvalue weighted by Gasteiger charge is 2.18. The molecule has 0 saturated heterocycles. The van der Waals surface area contributed by atoms with Gasteiger partial charge >= 0.3 is 5.97 Å². The summed E-state index contributed by atoms with van der Waals surface area (Å²) in [5.74, 6) is -0.895. The zero-order chi connectivity index (χ0) is 20.1. The first kappa shape index (κ1) is 19.9. The number of anilines is 1. The van der Waals surface area contributed by atoms with Crippen LogP contribution in [0.5, 0.6) is 0 Å². The van der Waals surface area contributed by atoms with Crippen LogP contribution >= 0.6 is 15.9 Å². The van der Waals surface area contributed by atoms with E-state index in [9.17, 15) is 9.59 Å². The van der Waals surface area contributed by atoms with Crippen molar-refractivity contribution in [3.05, 3.63) is 87.7 Å². The average molecular weight is 441 g/mol. The number of benzene rings is 2. The number of hydrogen-bond donors (Lipinski definition) is 1. The second-order valence-electron chi connectivity index (χ2n) is 6.46. The molecule has 0 radical (unpaired) electrons. The Labute approximate surface area is 172 Å². The minimum Gasteiger partial charge on any atom is -0.452 e. The van der Waals surface area contributed by atoms with Crippen molar-refractivity contribution in [3.8, 4) is 0 Å². The largest absolute Gasteiger partial charge is 0.452 e. The van der Waals surface area contributed by atoms with Crippen LogP contribution in [0, 0.1) is 13.8 Å². The molecule has 1 aromatic heterocycles. The first-order chi connectivity index (χ1) is 13.5. The van der Waals surface area contributed by atoms with Crippen LogP contribution in [-0.4, -0.2) is 23.1 Å². The van der Waals surface area contributed by atoms with Crippen molar-refractivity contribution in [2.75, 3.05) is 11.9 Å². The van der Waals surface area contributed by atoms with Gasteiger partial charge in [0.1, 0.15) is 0 Å². The summed E-state index contributed by atoms with van der Waals surface area (Å²) < 4.78 is 8.05. The molecule has 6 heteroatoms. The third kappa shape index (κ3) is 4.70. The number of carbonyl (C=O) groups is 2. The molecule has 0 bridgehead atoms. The normalized spacial score (nSPS) is 10.5. The zero-order valence-electron chi connectivity index (χ0n) is 15.7. The van der Waals surface area contributed by atoms with Crippen molar-refractivity contribution in [2.24, 2.45) is 0 Å². The molecule has 3 aromatic rings. The molecular weight excluding hydrogens is 420 g/mol. The number of aryl methyl sites for hydroxylation is 1. The van der Waals surface area contributed by atoms with Gasteiger partial charge in [-0.05, 0) is 53.5 Å².